The van der Waals surface area contributed by atoms with Crippen molar-refractivity contribution in [2.75, 3.05) is 0 Å². The quantitative estimate of drug-likeness (QED) is 0.549. The van der Waals surface area contributed by atoms with Crippen LogP contribution in [0.15, 0.2) is 53.3 Å². The number of aromatic nitrogens is 1. The Morgan fingerprint density at radius 3 is 2.60 bits per heavy atom. The summed E-state index contributed by atoms with van der Waals surface area (Å²) in [4.78, 5) is 22.5. The molecule has 5 nitrogen and oxygen atoms in total. The SMILES string of the molecule is O=c1c2ccc([N+](=O)[O-])cc2sn1Cc1ccccc1. The van der Waals surface area contributed by atoms with Crippen LogP contribution >= 0.6 is 11.5 Å². The number of hydrogen-bond donors (Lipinski definition) is 0. The number of benzene rings is 2. The summed E-state index contributed by atoms with van der Waals surface area (Å²) in [6, 6.07) is 14.0. The van der Waals surface area contributed by atoms with E-state index in [2.05, 4.69) is 0 Å². The lowest BCUT2D eigenvalue weighted by atomic mass is 10.2. The zero-order chi connectivity index (χ0) is 14.1. The van der Waals surface area contributed by atoms with Crippen LogP contribution in [0.5, 0.6) is 0 Å². The number of non-ortho nitro benzene ring substituents is 1. The minimum atomic E-state index is -0.453. The van der Waals surface area contributed by atoms with Crippen LogP contribution in [0, 0.1) is 10.1 Å². The molecule has 0 unspecified atom stereocenters. The van der Waals surface area contributed by atoms with Crippen LogP contribution in [0.25, 0.3) is 10.1 Å². The number of hydrogen-bond acceptors (Lipinski definition) is 4. The Balaban J connectivity index is 2.06. The van der Waals surface area contributed by atoms with Gasteiger partial charge in [0.15, 0.2) is 0 Å². The topological polar surface area (TPSA) is 65.1 Å². The zero-order valence-corrected chi connectivity index (χ0v) is 11.2. The van der Waals surface area contributed by atoms with Gasteiger partial charge in [0.2, 0.25) is 0 Å². The van der Waals surface area contributed by atoms with E-state index in [4.69, 9.17) is 0 Å². The number of nitro benzene ring substituents is 1. The number of nitrogens with zero attached hydrogens (tertiary/aromatic N) is 2. The van der Waals surface area contributed by atoms with Crippen LogP contribution in [0.4, 0.5) is 5.69 Å². The maximum Gasteiger partial charge on any atom is 0.270 e. The van der Waals surface area contributed by atoms with E-state index in [1.807, 2.05) is 30.3 Å². The molecule has 0 bridgehead atoms. The first kappa shape index (κ1) is 12.6. The molecule has 1 aromatic heterocycles. The van der Waals surface area contributed by atoms with E-state index in [1.54, 1.807) is 3.96 Å². The Bertz CT molecular complexity index is 836. The van der Waals surface area contributed by atoms with Crippen molar-refractivity contribution in [3.05, 3.63) is 74.6 Å². The van der Waals surface area contributed by atoms with Crippen molar-refractivity contribution in [2.24, 2.45) is 0 Å². The van der Waals surface area contributed by atoms with Crippen molar-refractivity contribution in [1.82, 2.24) is 3.96 Å². The van der Waals surface area contributed by atoms with Gasteiger partial charge in [-0.1, -0.05) is 41.9 Å². The second kappa shape index (κ2) is 4.90. The molecule has 1 heterocycles. The minimum absolute atomic E-state index is 0.00520. The first-order valence-electron chi connectivity index (χ1n) is 5.97. The molecule has 0 aliphatic heterocycles. The average molecular weight is 286 g/mol. The van der Waals surface area contributed by atoms with E-state index < -0.39 is 4.92 Å². The van der Waals surface area contributed by atoms with Gasteiger partial charge in [-0.25, -0.2) is 0 Å². The van der Waals surface area contributed by atoms with Crippen LogP contribution in [0.3, 0.4) is 0 Å². The third-order valence-electron chi connectivity index (χ3n) is 3.01. The van der Waals surface area contributed by atoms with Crippen molar-refractivity contribution in [3.8, 4) is 0 Å². The van der Waals surface area contributed by atoms with E-state index >= 15 is 0 Å². The summed E-state index contributed by atoms with van der Waals surface area (Å²) in [6.45, 7) is 0.479. The zero-order valence-electron chi connectivity index (χ0n) is 10.4. The third-order valence-corrected chi connectivity index (χ3v) is 4.06. The fourth-order valence-corrected chi connectivity index (χ4v) is 3.08. The van der Waals surface area contributed by atoms with Gasteiger partial charge in [0.05, 0.1) is 21.6 Å². The highest BCUT2D eigenvalue weighted by Crippen LogP contribution is 2.23. The molecule has 0 aliphatic carbocycles. The Labute approximate surface area is 118 Å². The highest BCUT2D eigenvalue weighted by Gasteiger charge is 2.12. The minimum Gasteiger partial charge on any atom is -0.268 e. The number of rotatable bonds is 3. The number of nitro groups is 1. The summed E-state index contributed by atoms with van der Waals surface area (Å²) >= 11 is 1.25. The van der Waals surface area contributed by atoms with Gasteiger partial charge < -0.3 is 0 Å². The molecule has 20 heavy (non-hydrogen) atoms. The fraction of sp³-hybridized carbons (Fsp3) is 0.0714. The van der Waals surface area contributed by atoms with Crippen LogP contribution in [0.2, 0.25) is 0 Å². The van der Waals surface area contributed by atoms with Gasteiger partial charge >= 0.3 is 0 Å². The molecule has 2 aromatic carbocycles. The normalized spacial score (nSPS) is 10.8. The van der Waals surface area contributed by atoms with E-state index in [1.165, 1.54) is 29.7 Å². The van der Waals surface area contributed by atoms with Crippen LogP contribution in [-0.2, 0) is 6.54 Å². The molecule has 100 valence electrons. The predicted octanol–water partition coefficient (Wildman–Crippen LogP) is 3.02. The molecule has 0 atom stereocenters. The molecule has 3 aromatic rings. The largest absolute Gasteiger partial charge is 0.270 e. The van der Waals surface area contributed by atoms with Gasteiger partial charge in [-0.05, 0) is 11.6 Å². The summed E-state index contributed by atoms with van der Waals surface area (Å²) < 4.78 is 2.25. The highest BCUT2D eigenvalue weighted by atomic mass is 32.1. The van der Waals surface area contributed by atoms with E-state index in [9.17, 15) is 14.9 Å². The third kappa shape index (κ3) is 2.21. The molecule has 6 heteroatoms. The molecular formula is C14H10N2O3S. The van der Waals surface area contributed by atoms with Gasteiger partial charge in [0.1, 0.15) is 0 Å². The van der Waals surface area contributed by atoms with E-state index in [0.29, 0.717) is 16.6 Å². The van der Waals surface area contributed by atoms with Gasteiger partial charge in [0.25, 0.3) is 11.2 Å². The smallest absolute Gasteiger partial charge is 0.268 e. The molecule has 0 aliphatic rings. The van der Waals surface area contributed by atoms with Gasteiger partial charge in [0, 0.05) is 12.1 Å². The summed E-state index contributed by atoms with van der Waals surface area (Å²) in [5.74, 6) is 0. The van der Waals surface area contributed by atoms with Crippen molar-refractivity contribution >= 4 is 27.3 Å². The lowest BCUT2D eigenvalue weighted by Crippen LogP contribution is -2.13. The van der Waals surface area contributed by atoms with Gasteiger partial charge in [-0.3, -0.25) is 18.9 Å². The van der Waals surface area contributed by atoms with E-state index in [0.717, 1.165) is 5.56 Å². The Morgan fingerprint density at radius 1 is 1.15 bits per heavy atom. The lowest BCUT2D eigenvalue weighted by Gasteiger charge is -1.99. The van der Waals surface area contributed by atoms with Crippen molar-refractivity contribution in [1.29, 1.82) is 0 Å². The summed E-state index contributed by atoms with van der Waals surface area (Å²) in [5, 5.41) is 11.3. The second-order valence-electron chi connectivity index (χ2n) is 4.36. The summed E-state index contributed by atoms with van der Waals surface area (Å²) in [6.07, 6.45) is 0. The maximum atomic E-state index is 12.2. The van der Waals surface area contributed by atoms with Crippen LogP contribution < -0.4 is 5.56 Å². The summed E-state index contributed by atoms with van der Waals surface area (Å²) in [5.41, 5.74) is 0.921. The molecule has 3 rings (SSSR count). The molecule has 0 N–H and O–H groups in total. The molecule has 0 saturated carbocycles. The summed E-state index contributed by atoms with van der Waals surface area (Å²) in [7, 11) is 0. The van der Waals surface area contributed by atoms with Crippen molar-refractivity contribution in [2.45, 2.75) is 6.54 Å². The predicted molar refractivity (Wildman–Crippen MR) is 78.3 cm³/mol. The maximum absolute atomic E-state index is 12.2. The van der Waals surface area contributed by atoms with Gasteiger partial charge in [-0.2, -0.15) is 0 Å². The monoisotopic (exact) mass is 286 g/mol. The Hall–Kier alpha value is -2.47. The standard InChI is InChI=1S/C14H10N2O3S/c17-14-12-7-6-11(16(18)19)8-13(12)20-15(14)9-10-4-2-1-3-5-10/h1-8H,9H2. The molecular weight excluding hydrogens is 276 g/mol. The van der Waals surface area contributed by atoms with Crippen molar-refractivity contribution < 1.29 is 4.92 Å². The van der Waals surface area contributed by atoms with E-state index in [-0.39, 0.29) is 11.2 Å². The number of fused-ring (bicyclic) bond motifs is 1. The van der Waals surface area contributed by atoms with Gasteiger partial charge in [-0.15, -0.1) is 0 Å². The van der Waals surface area contributed by atoms with Crippen LogP contribution in [-0.4, -0.2) is 8.88 Å². The lowest BCUT2D eigenvalue weighted by molar-refractivity contribution is -0.384. The highest BCUT2D eigenvalue weighted by molar-refractivity contribution is 7.13. The van der Waals surface area contributed by atoms with Crippen molar-refractivity contribution in [3.63, 3.8) is 0 Å². The molecule has 0 spiro atoms. The average Bonchev–Trinajstić information content (AvgIpc) is 2.76. The van der Waals surface area contributed by atoms with Crippen LogP contribution in [0.1, 0.15) is 5.56 Å². The molecule has 0 radical (unpaired) electrons. The second-order valence-corrected chi connectivity index (χ2v) is 5.42. The first-order chi connectivity index (χ1) is 9.65. The molecule has 0 saturated heterocycles. The Kier molecular flexibility index (Phi) is 3.08. The molecule has 0 amide bonds. The fourth-order valence-electron chi connectivity index (χ4n) is 2.02. The Morgan fingerprint density at radius 2 is 1.90 bits per heavy atom. The first-order valence-corrected chi connectivity index (χ1v) is 6.75. The molecule has 0 fully saturated rings.